The largest absolute Gasteiger partial charge is 0.326 e. The molecule has 3 N–H and O–H groups in total. The van der Waals surface area contributed by atoms with Gasteiger partial charge < -0.3 is 5.73 Å². The van der Waals surface area contributed by atoms with Crippen LogP contribution in [0.3, 0.4) is 0 Å². The Morgan fingerprint density at radius 3 is 2.19 bits per heavy atom. The molecule has 120 valence electrons. The Morgan fingerprint density at radius 2 is 1.67 bits per heavy atom. The van der Waals surface area contributed by atoms with Gasteiger partial charge in [0.1, 0.15) is 0 Å². The highest BCUT2D eigenvalue weighted by atomic mass is 32.2. The SMILES string of the molecule is CC(C)C(CNS(=O)(=O)Cc1cccc(CN)c1)C(C)C. The maximum atomic E-state index is 12.2. The van der Waals surface area contributed by atoms with Crippen molar-refractivity contribution in [3.8, 4) is 0 Å². The van der Waals surface area contributed by atoms with Crippen molar-refractivity contribution >= 4 is 10.0 Å². The van der Waals surface area contributed by atoms with Gasteiger partial charge in [0.15, 0.2) is 0 Å². The zero-order valence-corrected chi connectivity index (χ0v) is 14.3. The zero-order chi connectivity index (χ0) is 16.0. The van der Waals surface area contributed by atoms with E-state index in [2.05, 4.69) is 32.4 Å². The highest BCUT2D eigenvalue weighted by Crippen LogP contribution is 2.20. The van der Waals surface area contributed by atoms with Crippen LogP contribution in [-0.4, -0.2) is 15.0 Å². The average molecular weight is 312 g/mol. The van der Waals surface area contributed by atoms with Crippen LogP contribution in [0.2, 0.25) is 0 Å². The van der Waals surface area contributed by atoms with Gasteiger partial charge in [-0.1, -0.05) is 52.0 Å². The molecule has 1 aromatic rings. The van der Waals surface area contributed by atoms with Gasteiger partial charge in [0.2, 0.25) is 10.0 Å². The fourth-order valence-electron chi connectivity index (χ4n) is 2.58. The molecule has 0 heterocycles. The van der Waals surface area contributed by atoms with Gasteiger partial charge in [-0.2, -0.15) is 0 Å². The topological polar surface area (TPSA) is 72.2 Å². The Bertz CT molecular complexity index is 531. The molecule has 0 aliphatic heterocycles. The first kappa shape index (κ1) is 18.1. The molecule has 0 fully saturated rings. The van der Waals surface area contributed by atoms with Gasteiger partial charge in [-0.15, -0.1) is 0 Å². The van der Waals surface area contributed by atoms with Gasteiger partial charge in [0.05, 0.1) is 5.75 Å². The Balaban J connectivity index is 2.69. The summed E-state index contributed by atoms with van der Waals surface area (Å²) < 4.78 is 27.2. The van der Waals surface area contributed by atoms with Gasteiger partial charge in [0, 0.05) is 13.1 Å². The van der Waals surface area contributed by atoms with Crippen LogP contribution in [0.4, 0.5) is 0 Å². The summed E-state index contributed by atoms with van der Waals surface area (Å²) in [5.41, 5.74) is 7.31. The number of sulfonamides is 1. The van der Waals surface area contributed by atoms with Crippen LogP contribution in [0, 0.1) is 17.8 Å². The number of rotatable bonds is 8. The molecule has 0 amide bonds. The van der Waals surface area contributed by atoms with Gasteiger partial charge in [0.25, 0.3) is 0 Å². The van der Waals surface area contributed by atoms with Gasteiger partial charge in [-0.3, -0.25) is 0 Å². The van der Waals surface area contributed by atoms with Crippen LogP contribution in [0.15, 0.2) is 24.3 Å². The van der Waals surface area contributed by atoms with E-state index in [1.807, 2.05) is 24.3 Å². The lowest BCUT2D eigenvalue weighted by molar-refractivity contribution is 0.289. The van der Waals surface area contributed by atoms with E-state index in [1.54, 1.807) is 0 Å². The first-order chi connectivity index (χ1) is 9.75. The van der Waals surface area contributed by atoms with Crippen molar-refractivity contribution in [2.45, 2.75) is 40.0 Å². The summed E-state index contributed by atoms with van der Waals surface area (Å²) in [5.74, 6) is 1.25. The summed E-state index contributed by atoms with van der Waals surface area (Å²) >= 11 is 0. The predicted molar refractivity (Wildman–Crippen MR) is 88.1 cm³/mol. The predicted octanol–water partition coefficient (Wildman–Crippen LogP) is 2.49. The van der Waals surface area contributed by atoms with Crippen molar-refractivity contribution in [2.75, 3.05) is 6.54 Å². The smallest absolute Gasteiger partial charge is 0.215 e. The molecule has 0 unspecified atom stereocenters. The summed E-state index contributed by atoms with van der Waals surface area (Å²) in [4.78, 5) is 0. The molecule has 0 spiro atoms. The van der Waals surface area contributed by atoms with Gasteiger partial charge in [-0.25, -0.2) is 13.1 Å². The molecular weight excluding hydrogens is 284 g/mol. The zero-order valence-electron chi connectivity index (χ0n) is 13.5. The van der Waals surface area contributed by atoms with Crippen LogP contribution in [0.25, 0.3) is 0 Å². The molecule has 1 rings (SSSR count). The summed E-state index contributed by atoms with van der Waals surface area (Å²) in [6.07, 6.45) is 0. The molecule has 0 saturated carbocycles. The fraction of sp³-hybridized carbons (Fsp3) is 0.625. The Kier molecular flexibility index (Phi) is 6.84. The molecule has 0 aromatic heterocycles. The summed E-state index contributed by atoms with van der Waals surface area (Å²) in [7, 11) is -3.31. The fourth-order valence-corrected chi connectivity index (χ4v) is 3.75. The van der Waals surface area contributed by atoms with E-state index in [4.69, 9.17) is 5.73 Å². The van der Waals surface area contributed by atoms with Crippen LogP contribution >= 0.6 is 0 Å². The van der Waals surface area contributed by atoms with Crippen molar-refractivity contribution in [2.24, 2.45) is 23.5 Å². The molecule has 0 atom stereocenters. The molecule has 1 aromatic carbocycles. The van der Waals surface area contributed by atoms with E-state index in [0.717, 1.165) is 11.1 Å². The van der Waals surface area contributed by atoms with Crippen LogP contribution in [0.1, 0.15) is 38.8 Å². The summed E-state index contributed by atoms with van der Waals surface area (Å²) in [5, 5.41) is 0. The highest BCUT2D eigenvalue weighted by molar-refractivity contribution is 7.88. The molecule has 5 heteroatoms. The Morgan fingerprint density at radius 1 is 1.10 bits per heavy atom. The third-order valence-corrected chi connectivity index (χ3v) is 5.16. The second-order valence-corrected chi connectivity index (χ2v) is 8.09. The summed E-state index contributed by atoms with van der Waals surface area (Å²) in [6, 6.07) is 7.41. The second kappa shape index (κ2) is 7.92. The minimum absolute atomic E-state index is 0.00372. The Hall–Kier alpha value is -0.910. The third-order valence-electron chi connectivity index (χ3n) is 3.84. The maximum absolute atomic E-state index is 12.2. The molecule has 21 heavy (non-hydrogen) atoms. The lowest BCUT2D eigenvalue weighted by Gasteiger charge is -2.25. The number of hydrogen-bond acceptors (Lipinski definition) is 3. The minimum atomic E-state index is -3.31. The van der Waals surface area contributed by atoms with E-state index in [-0.39, 0.29) is 5.75 Å². The van der Waals surface area contributed by atoms with Gasteiger partial charge >= 0.3 is 0 Å². The molecular formula is C16H28N2O2S. The maximum Gasteiger partial charge on any atom is 0.215 e. The molecule has 0 saturated heterocycles. The first-order valence-electron chi connectivity index (χ1n) is 7.50. The minimum Gasteiger partial charge on any atom is -0.326 e. The van der Waals surface area contributed by atoms with Crippen LogP contribution < -0.4 is 10.5 Å². The van der Waals surface area contributed by atoms with E-state index < -0.39 is 10.0 Å². The van der Waals surface area contributed by atoms with Crippen LogP contribution in [-0.2, 0) is 22.3 Å². The molecule has 0 aliphatic carbocycles. The first-order valence-corrected chi connectivity index (χ1v) is 9.15. The number of hydrogen-bond donors (Lipinski definition) is 2. The van der Waals surface area contributed by atoms with Crippen molar-refractivity contribution in [3.05, 3.63) is 35.4 Å². The number of benzene rings is 1. The molecule has 0 radical (unpaired) electrons. The average Bonchev–Trinajstić information content (AvgIpc) is 2.37. The molecule has 0 bridgehead atoms. The number of nitrogens with two attached hydrogens (primary N) is 1. The van der Waals surface area contributed by atoms with Crippen LogP contribution in [0.5, 0.6) is 0 Å². The molecule has 4 nitrogen and oxygen atoms in total. The van der Waals surface area contributed by atoms with Crippen molar-refractivity contribution < 1.29 is 8.42 Å². The summed E-state index contributed by atoms with van der Waals surface area (Å²) in [6.45, 7) is 9.43. The van der Waals surface area contributed by atoms with Crippen molar-refractivity contribution in [1.82, 2.24) is 4.72 Å². The Labute approximate surface area is 129 Å². The highest BCUT2D eigenvalue weighted by Gasteiger charge is 2.20. The van der Waals surface area contributed by atoms with Gasteiger partial charge in [-0.05, 0) is 28.9 Å². The standard InChI is InChI=1S/C16H28N2O2S/c1-12(2)16(13(3)4)10-18-21(19,20)11-15-7-5-6-14(8-15)9-17/h5-8,12-13,16,18H,9-11,17H2,1-4H3. The monoisotopic (exact) mass is 312 g/mol. The quantitative estimate of drug-likeness (QED) is 0.774. The second-order valence-electron chi connectivity index (χ2n) is 6.28. The normalized spacial score (nSPS) is 12.6. The van der Waals surface area contributed by atoms with E-state index >= 15 is 0 Å². The lowest BCUT2D eigenvalue weighted by atomic mass is 9.86. The molecule has 0 aliphatic rings. The van der Waals surface area contributed by atoms with E-state index in [0.29, 0.717) is 30.8 Å². The van der Waals surface area contributed by atoms with E-state index in [1.165, 1.54) is 0 Å². The lowest BCUT2D eigenvalue weighted by Crippen LogP contribution is -2.34. The van der Waals surface area contributed by atoms with E-state index in [9.17, 15) is 8.42 Å². The van der Waals surface area contributed by atoms with Crippen molar-refractivity contribution in [1.29, 1.82) is 0 Å². The number of nitrogens with one attached hydrogen (secondary N) is 1. The van der Waals surface area contributed by atoms with Crippen molar-refractivity contribution in [3.63, 3.8) is 0 Å². The third kappa shape index (κ3) is 6.16.